The molecule has 0 saturated heterocycles. The highest BCUT2D eigenvalue weighted by molar-refractivity contribution is 5.81. The fourth-order valence-electron chi connectivity index (χ4n) is 3.51. The molecule has 0 radical (unpaired) electrons. The van der Waals surface area contributed by atoms with Crippen LogP contribution >= 0.6 is 0 Å². The molecule has 2 aromatic rings. The minimum absolute atomic E-state index is 0.0378. The average molecular weight is 342 g/mol. The summed E-state index contributed by atoms with van der Waals surface area (Å²) in [6.45, 7) is 2.29. The lowest BCUT2D eigenvalue weighted by Gasteiger charge is -2.23. The Morgan fingerprint density at radius 3 is 2.72 bits per heavy atom. The molecule has 0 atom stereocenters. The number of benzene rings is 1. The molecule has 6 heteroatoms. The van der Waals surface area contributed by atoms with Crippen molar-refractivity contribution in [3.05, 3.63) is 30.1 Å². The first-order chi connectivity index (χ1) is 12.1. The quantitative estimate of drug-likeness (QED) is 0.845. The number of rotatable bonds is 6. The lowest BCUT2D eigenvalue weighted by molar-refractivity contribution is -0.122. The van der Waals surface area contributed by atoms with E-state index in [1.807, 2.05) is 28.8 Å². The number of hydrogen-bond acceptors (Lipinski definition) is 3. The van der Waals surface area contributed by atoms with Crippen molar-refractivity contribution in [2.45, 2.75) is 58.0 Å². The zero-order valence-electron chi connectivity index (χ0n) is 14.8. The summed E-state index contributed by atoms with van der Waals surface area (Å²) in [4.78, 5) is 28.3. The molecule has 134 valence electrons. The zero-order valence-corrected chi connectivity index (χ0v) is 14.8. The predicted octanol–water partition coefficient (Wildman–Crippen LogP) is 2.16. The van der Waals surface area contributed by atoms with Crippen molar-refractivity contribution in [1.29, 1.82) is 0 Å². The molecule has 6 nitrogen and oxygen atoms in total. The van der Waals surface area contributed by atoms with Crippen LogP contribution in [0, 0.1) is 0 Å². The van der Waals surface area contributed by atoms with Crippen molar-refractivity contribution in [2.75, 3.05) is 6.54 Å². The van der Waals surface area contributed by atoms with Gasteiger partial charge >= 0.3 is 0 Å². The van der Waals surface area contributed by atoms with Crippen molar-refractivity contribution >= 4 is 22.8 Å². The summed E-state index contributed by atoms with van der Waals surface area (Å²) in [6.07, 6.45) is 6.41. The van der Waals surface area contributed by atoms with Crippen LogP contribution < -0.4 is 10.6 Å². The number of carbonyl (C=O) groups excluding carboxylic acids is 2. The number of para-hydroxylation sites is 2. The first-order valence-corrected chi connectivity index (χ1v) is 9.11. The highest BCUT2D eigenvalue weighted by Gasteiger charge is 2.18. The fourth-order valence-corrected chi connectivity index (χ4v) is 3.51. The summed E-state index contributed by atoms with van der Waals surface area (Å²) in [7, 11) is 0. The van der Waals surface area contributed by atoms with Gasteiger partial charge in [0.15, 0.2) is 0 Å². The van der Waals surface area contributed by atoms with Gasteiger partial charge in [-0.05, 0) is 25.0 Å². The van der Waals surface area contributed by atoms with E-state index in [-0.39, 0.29) is 18.4 Å². The van der Waals surface area contributed by atoms with Crippen molar-refractivity contribution < 1.29 is 9.59 Å². The monoisotopic (exact) mass is 342 g/mol. The molecule has 0 unspecified atom stereocenters. The van der Waals surface area contributed by atoms with Gasteiger partial charge in [-0.3, -0.25) is 9.59 Å². The molecule has 1 saturated carbocycles. The molecule has 0 aliphatic heterocycles. The summed E-state index contributed by atoms with van der Waals surface area (Å²) < 4.78 is 1.97. The molecule has 0 bridgehead atoms. The maximum atomic E-state index is 12.5. The van der Waals surface area contributed by atoms with Crippen molar-refractivity contribution in [3.8, 4) is 0 Å². The molecule has 1 aliphatic carbocycles. The van der Waals surface area contributed by atoms with Gasteiger partial charge in [-0.1, -0.05) is 31.4 Å². The van der Waals surface area contributed by atoms with Crippen LogP contribution in [-0.4, -0.2) is 34.0 Å². The number of hydrogen-bond donors (Lipinski definition) is 2. The van der Waals surface area contributed by atoms with Gasteiger partial charge in [-0.25, -0.2) is 4.98 Å². The number of aromatic nitrogens is 2. The van der Waals surface area contributed by atoms with Gasteiger partial charge < -0.3 is 15.2 Å². The SMILES string of the molecule is CC(=O)NCCc1nc2ccccc2n1CC(=O)NC1CCCCC1. The van der Waals surface area contributed by atoms with Crippen LogP contribution in [0.4, 0.5) is 0 Å². The second kappa shape index (κ2) is 8.14. The van der Waals surface area contributed by atoms with Gasteiger partial charge in [-0.2, -0.15) is 0 Å². The standard InChI is InChI=1S/C19H26N4O2/c1-14(24)20-12-11-18-22-16-9-5-6-10-17(16)23(18)13-19(25)21-15-7-3-2-4-8-15/h5-6,9-10,15H,2-4,7-8,11-13H2,1H3,(H,20,24)(H,21,25). The van der Waals surface area contributed by atoms with Gasteiger partial charge in [0.2, 0.25) is 11.8 Å². The molecule has 2 amide bonds. The number of carbonyl (C=O) groups is 2. The van der Waals surface area contributed by atoms with E-state index in [1.165, 1.54) is 26.2 Å². The minimum Gasteiger partial charge on any atom is -0.356 e. The third kappa shape index (κ3) is 4.59. The minimum atomic E-state index is -0.0577. The summed E-state index contributed by atoms with van der Waals surface area (Å²) in [5, 5.41) is 5.96. The van der Waals surface area contributed by atoms with E-state index in [0.29, 0.717) is 19.0 Å². The molecule has 1 heterocycles. The Hall–Kier alpha value is -2.37. The van der Waals surface area contributed by atoms with Crippen LogP contribution in [0.3, 0.4) is 0 Å². The third-order valence-electron chi connectivity index (χ3n) is 4.73. The van der Waals surface area contributed by atoms with Crippen LogP contribution in [0.1, 0.15) is 44.9 Å². The second-order valence-electron chi connectivity index (χ2n) is 6.74. The summed E-state index contributed by atoms with van der Waals surface area (Å²) in [5.41, 5.74) is 1.84. The van der Waals surface area contributed by atoms with Gasteiger partial charge in [0, 0.05) is 25.9 Å². The van der Waals surface area contributed by atoms with Gasteiger partial charge in [0.05, 0.1) is 11.0 Å². The smallest absolute Gasteiger partial charge is 0.240 e. The molecule has 1 fully saturated rings. The molecule has 2 N–H and O–H groups in total. The van der Waals surface area contributed by atoms with Gasteiger partial charge in [0.25, 0.3) is 0 Å². The summed E-state index contributed by atoms with van der Waals surface area (Å²) >= 11 is 0. The first kappa shape index (κ1) is 17.5. The Bertz CT molecular complexity index is 747. The Labute approximate surface area is 148 Å². The number of imidazole rings is 1. The highest BCUT2D eigenvalue weighted by atomic mass is 16.2. The number of fused-ring (bicyclic) bond motifs is 1. The normalized spacial score (nSPS) is 15.2. The van der Waals surface area contributed by atoms with E-state index in [0.717, 1.165) is 29.7 Å². The molecule has 1 aromatic carbocycles. The largest absolute Gasteiger partial charge is 0.356 e. The lowest BCUT2D eigenvalue weighted by atomic mass is 9.95. The van der Waals surface area contributed by atoms with E-state index >= 15 is 0 Å². The maximum absolute atomic E-state index is 12.5. The maximum Gasteiger partial charge on any atom is 0.240 e. The van der Waals surface area contributed by atoms with Crippen molar-refractivity contribution in [1.82, 2.24) is 20.2 Å². The molecule has 1 aliphatic rings. The van der Waals surface area contributed by atoms with E-state index in [4.69, 9.17) is 0 Å². The Morgan fingerprint density at radius 2 is 1.96 bits per heavy atom. The van der Waals surface area contributed by atoms with Gasteiger partial charge in [-0.15, -0.1) is 0 Å². The van der Waals surface area contributed by atoms with E-state index in [2.05, 4.69) is 15.6 Å². The van der Waals surface area contributed by atoms with E-state index in [9.17, 15) is 9.59 Å². The highest BCUT2D eigenvalue weighted by Crippen LogP contribution is 2.19. The summed E-state index contributed by atoms with van der Waals surface area (Å²) in [6, 6.07) is 8.14. The molecular weight excluding hydrogens is 316 g/mol. The van der Waals surface area contributed by atoms with Crippen molar-refractivity contribution in [2.24, 2.45) is 0 Å². The predicted molar refractivity (Wildman–Crippen MR) is 97.1 cm³/mol. The Morgan fingerprint density at radius 1 is 1.20 bits per heavy atom. The topological polar surface area (TPSA) is 76.0 Å². The average Bonchev–Trinajstić information content (AvgIpc) is 2.93. The molecule has 25 heavy (non-hydrogen) atoms. The third-order valence-corrected chi connectivity index (χ3v) is 4.73. The summed E-state index contributed by atoms with van der Waals surface area (Å²) in [5.74, 6) is 0.808. The first-order valence-electron chi connectivity index (χ1n) is 9.11. The van der Waals surface area contributed by atoms with Crippen LogP contribution in [0.15, 0.2) is 24.3 Å². The zero-order chi connectivity index (χ0) is 17.6. The number of nitrogens with one attached hydrogen (secondary N) is 2. The number of nitrogens with zero attached hydrogens (tertiary/aromatic N) is 2. The second-order valence-corrected chi connectivity index (χ2v) is 6.74. The molecule has 1 aromatic heterocycles. The van der Waals surface area contributed by atoms with Crippen LogP contribution in [0.2, 0.25) is 0 Å². The van der Waals surface area contributed by atoms with E-state index in [1.54, 1.807) is 0 Å². The van der Waals surface area contributed by atoms with Crippen molar-refractivity contribution in [3.63, 3.8) is 0 Å². The fraction of sp³-hybridized carbons (Fsp3) is 0.526. The lowest BCUT2D eigenvalue weighted by Crippen LogP contribution is -2.38. The molecule has 0 spiro atoms. The Balaban J connectivity index is 1.73. The number of amides is 2. The van der Waals surface area contributed by atoms with Gasteiger partial charge in [0.1, 0.15) is 12.4 Å². The van der Waals surface area contributed by atoms with Crippen LogP contribution in [-0.2, 0) is 22.6 Å². The van der Waals surface area contributed by atoms with E-state index < -0.39 is 0 Å². The van der Waals surface area contributed by atoms with Crippen LogP contribution in [0.5, 0.6) is 0 Å². The Kier molecular flexibility index (Phi) is 5.68. The molecule has 3 rings (SSSR count). The van der Waals surface area contributed by atoms with Crippen LogP contribution in [0.25, 0.3) is 11.0 Å². The molecular formula is C19H26N4O2.